The summed E-state index contributed by atoms with van der Waals surface area (Å²) in [4.78, 5) is 11.3. The highest BCUT2D eigenvalue weighted by atomic mass is 16.4. The maximum atomic E-state index is 11.3. The SMILES string of the molecule is CC(C)CC(C)(NCc1nncn1C)C(=O)O. The molecular weight excluding hydrogens is 220 g/mol. The molecule has 1 heterocycles. The van der Waals surface area contributed by atoms with E-state index in [0.717, 1.165) is 5.82 Å². The van der Waals surface area contributed by atoms with Crippen LogP contribution in [0.4, 0.5) is 0 Å². The smallest absolute Gasteiger partial charge is 0.323 e. The number of carboxylic acid groups (broad SMARTS) is 1. The van der Waals surface area contributed by atoms with E-state index in [9.17, 15) is 9.90 Å². The highest BCUT2D eigenvalue weighted by Crippen LogP contribution is 2.17. The summed E-state index contributed by atoms with van der Waals surface area (Å²) in [5.74, 6) is 0.192. The summed E-state index contributed by atoms with van der Waals surface area (Å²) >= 11 is 0. The van der Waals surface area contributed by atoms with Gasteiger partial charge in [0.2, 0.25) is 0 Å². The molecular formula is C11H20N4O2. The molecule has 1 unspecified atom stereocenters. The quantitative estimate of drug-likeness (QED) is 0.768. The molecule has 1 atom stereocenters. The molecule has 2 N–H and O–H groups in total. The average Bonchev–Trinajstić information content (AvgIpc) is 2.60. The van der Waals surface area contributed by atoms with Crippen LogP contribution in [0.15, 0.2) is 6.33 Å². The molecule has 0 aliphatic rings. The van der Waals surface area contributed by atoms with E-state index in [4.69, 9.17) is 0 Å². The second-order valence-electron chi connectivity index (χ2n) is 4.95. The van der Waals surface area contributed by atoms with E-state index in [-0.39, 0.29) is 0 Å². The van der Waals surface area contributed by atoms with E-state index in [0.29, 0.717) is 18.9 Å². The number of hydrogen-bond donors (Lipinski definition) is 2. The van der Waals surface area contributed by atoms with Crippen molar-refractivity contribution in [3.8, 4) is 0 Å². The molecule has 0 aliphatic carbocycles. The Hall–Kier alpha value is -1.43. The van der Waals surface area contributed by atoms with Gasteiger partial charge in [0.05, 0.1) is 6.54 Å². The summed E-state index contributed by atoms with van der Waals surface area (Å²) in [6.45, 7) is 6.11. The van der Waals surface area contributed by atoms with Crippen molar-refractivity contribution in [3.05, 3.63) is 12.2 Å². The second-order valence-corrected chi connectivity index (χ2v) is 4.95. The zero-order valence-electron chi connectivity index (χ0n) is 10.8. The molecule has 17 heavy (non-hydrogen) atoms. The first-order valence-electron chi connectivity index (χ1n) is 5.66. The standard InChI is InChI=1S/C11H20N4O2/c1-8(2)5-11(3,10(16)17)12-6-9-14-13-7-15(9)4/h7-8,12H,5-6H2,1-4H3,(H,16,17). The van der Waals surface area contributed by atoms with Gasteiger partial charge < -0.3 is 9.67 Å². The summed E-state index contributed by atoms with van der Waals surface area (Å²) in [5, 5.41) is 20.0. The molecule has 0 amide bonds. The van der Waals surface area contributed by atoms with Gasteiger partial charge in [-0.25, -0.2) is 0 Å². The van der Waals surface area contributed by atoms with Crippen LogP contribution in [0.3, 0.4) is 0 Å². The van der Waals surface area contributed by atoms with Gasteiger partial charge >= 0.3 is 5.97 Å². The van der Waals surface area contributed by atoms with Crippen molar-refractivity contribution in [2.45, 2.75) is 39.3 Å². The van der Waals surface area contributed by atoms with Gasteiger partial charge in [-0.1, -0.05) is 13.8 Å². The topological polar surface area (TPSA) is 80.0 Å². The molecule has 6 nitrogen and oxygen atoms in total. The van der Waals surface area contributed by atoms with Crippen LogP contribution in [0.25, 0.3) is 0 Å². The number of aryl methyl sites for hydroxylation is 1. The van der Waals surface area contributed by atoms with Crippen LogP contribution in [-0.2, 0) is 18.4 Å². The van der Waals surface area contributed by atoms with Gasteiger partial charge in [-0.15, -0.1) is 10.2 Å². The molecule has 1 rings (SSSR count). The minimum absolute atomic E-state index is 0.308. The molecule has 0 saturated carbocycles. The van der Waals surface area contributed by atoms with Crippen molar-refractivity contribution in [2.24, 2.45) is 13.0 Å². The van der Waals surface area contributed by atoms with Crippen molar-refractivity contribution in [1.82, 2.24) is 20.1 Å². The maximum absolute atomic E-state index is 11.3. The molecule has 1 aromatic heterocycles. The second kappa shape index (κ2) is 5.27. The third-order valence-corrected chi connectivity index (χ3v) is 2.73. The lowest BCUT2D eigenvalue weighted by Crippen LogP contribution is -2.50. The summed E-state index contributed by atoms with van der Waals surface area (Å²) in [7, 11) is 1.83. The minimum atomic E-state index is -0.930. The normalized spacial score (nSPS) is 14.9. The van der Waals surface area contributed by atoms with Crippen molar-refractivity contribution in [1.29, 1.82) is 0 Å². The number of carboxylic acids is 1. The lowest BCUT2D eigenvalue weighted by Gasteiger charge is -2.27. The van der Waals surface area contributed by atoms with Crippen LogP contribution < -0.4 is 5.32 Å². The Morgan fingerprint density at radius 3 is 2.71 bits per heavy atom. The van der Waals surface area contributed by atoms with Gasteiger partial charge in [0.15, 0.2) is 0 Å². The lowest BCUT2D eigenvalue weighted by molar-refractivity contribution is -0.145. The van der Waals surface area contributed by atoms with Gasteiger partial charge in [-0.3, -0.25) is 10.1 Å². The first kappa shape index (κ1) is 13.6. The zero-order chi connectivity index (χ0) is 13.1. The molecule has 0 aliphatic heterocycles. The molecule has 6 heteroatoms. The molecule has 0 spiro atoms. The molecule has 0 bridgehead atoms. The number of aromatic nitrogens is 3. The predicted molar refractivity (Wildman–Crippen MR) is 63.3 cm³/mol. The van der Waals surface area contributed by atoms with E-state index in [1.807, 2.05) is 20.9 Å². The molecule has 0 aromatic carbocycles. The Bertz CT molecular complexity index is 389. The van der Waals surface area contributed by atoms with Crippen LogP contribution in [0.2, 0.25) is 0 Å². The fourth-order valence-electron chi connectivity index (χ4n) is 1.79. The third kappa shape index (κ3) is 3.52. The van der Waals surface area contributed by atoms with Crippen molar-refractivity contribution in [2.75, 3.05) is 0 Å². The number of nitrogens with one attached hydrogen (secondary N) is 1. The Morgan fingerprint density at radius 1 is 1.65 bits per heavy atom. The van der Waals surface area contributed by atoms with E-state index in [1.165, 1.54) is 0 Å². The van der Waals surface area contributed by atoms with E-state index >= 15 is 0 Å². The monoisotopic (exact) mass is 240 g/mol. The summed E-state index contributed by atoms with van der Waals surface area (Å²) in [5.41, 5.74) is -0.930. The number of aliphatic carboxylic acids is 1. The first-order chi connectivity index (χ1) is 7.85. The number of nitrogens with zero attached hydrogens (tertiary/aromatic N) is 3. The van der Waals surface area contributed by atoms with Gasteiger partial charge in [0.1, 0.15) is 17.7 Å². The maximum Gasteiger partial charge on any atom is 0.323 e. The molecule has 0 radical (unpaired) electrons. The highest BCUT2D eigenvalue weighted by Gasteiger charge is 2.33. The summed E-state index contributed by atoms with van der Waals surface area (Å²) in [6, 6.07) is 0. The summed E-state index contributed by atoms with van der Waals surface area (Å²) < 4.78 is 1.77. The number of rotatable bonds is 6. The van der Waals surface area contributed by atoms with E-state index in [2.05, 4.69) is 15.5 Å². The van der Waals surface area contributed by atoms with Crippen LogP contribution >= 0.6 is 0 Å². The van der Waals surface area contributed by atoms with Crippen LogP contribution in [0.5, 0.6) is 0 Å². The van der Waals surface area contributed by atoms with Crippen LogP contribution in [0.1, 0.15) is 33.0 Å². The van der Waals surface area contributed by atoms with Gasteiger partial charge in [-0.2, -0.15) is 0 Å². The highest BCUT2D eigenvalue weighted by molar-refractivity contribution is 5.78. The van der Waals surface area contributed by atoms with Crippen molar-refractivity contribution in [3.63, 3.8) is 0 Å². The number of carbonyl (C=O) groups is 1. The van der Waals surface area contributed by atoms with Crippen molar-refractivity contribution < 1.29 is 9.90 Å². The Morgan fingerprint density at radius 2 is 2.29 bits per heavy atom. The Balaban J connectivity index is 2.68. The molecule has 0 fully saturated rings. The minimum Gasteiger partial charge on any atom is -0.480 e. The van der Waals surface area contributed by atoms with Gasteiger partial charge in [0.25, 0.3) is 0 Å². The zero-order valence-corrected chi connectivity index (χ0v) is 10.8. The predicted octanol–water partition coefficient (Wildman–Crippen LogP) is 0.794. The van der Waals surface area contributed by atoms with Crippen LogP contribution in [0, 0.1) is 5.92 Å². The Kier molecular flexibility index (Phi) is 4.22. The van der Waals surface area contributed by atoms with Gasteiger partial charge in [-0.05, 0) is 19.3 Å². The lowest BCUT2D eigenvalue weighted by atomic mass is 9.91. The van der Waals surface area contributed by atoms with Crippen LogP contribution in [-0.4, -0.2) is 31.4 Å². The van der Waals surface area contributed by atoms with E-state index in [1.54, 1.807) is 17.8 Å². The average molecular weight is 240 g/mol. The fourth-order valence-corrected chi connectivity index (χ4v) is 1.79. The third-order valence-electron chi connectivity index (χ3n) is 2.73. The van der Waals surface area contributed by atoms with E-state index < -0.39 is 11.5 Å². The summed E-state index contributed by atoms with van der Waals surface area (Å²) in [6.07, 6.45) is 2.16. The first-order valence-corrected chi connectivity index (χ1v) is 5.66. The largest absolute Gasteiger partial charge is 0.480 e. The molecule has 96 valence electrons. The molecule has 0 saturated heterocycles. The van der Waals surface area contributed by atoms with Gasteiger partial charge in [0, 0.05) is 7.05 Å². The Labute approximate surface area is 101 Å². The molecule has 1 aromatic rings. The number of hydrogen-bond acceptors (Lipinski definition) is 4. The van der Waals surface area contributed by atoms with Crippen molar-refractivity contribution >= 4 is 5.97 Å². The fraction of sp³-hybridized carbons (Fsp3) is 0.727.